The first-order valence-corrected chi connectivity index (χ1v) is 7.35. The minimum Gasteiger partial charge on any atom is -0.349 e. The number of hydrogen-bond donors (Lipinski definition) is 3. The van der Waals surface area contributed by atoms with Gasteiger partial charge in [0.2, 0.25) is 0 Å². The van der Waals surface area contributed by atoms with Crippen molar-refractivity contribution in [3.05, 3.63) is 29.3 Å². The van der Waals surface area contributed by atoms with E-state index < -0.39 is 10.8 Å². The Balaban J connectivity index is 2.72. The van der Waals surface area contributed by atoms with Crippen LogP contribution in [-0.2, 0) is 10.8 Å². The van der Waals surface area contributed by atoms with Gasteiger partial charge in [-0.2, -0.15) is 0 Å². The van der Waals surface area contributed by atoms with Gasteiger partial charge in [-0.3, -0.25) is 14.8 Å². The Morgan fingerprint density at radius 3 is 2.67 bits per heavy atom. The second-order valence-corrected chi connectivity index (χ2v) is 5.77. The molecular formula is C12H19N3O2S. The molecule has 5 nitrogen and oxygen atoms in total. The van der Waals surface area contributed by atoms with Crippen LogP contribution in [0.4, 0.5) is 5.69 Å². The van der Waals surface area contributed by atoms with Crippen LogP contribution in [0.15, 0.2) is 18.2 Å². The van der Waals surface area contributed by atoms with Crippen molar-refractivity contribution in [1.82, 2.24) is 5.32 Å². The van der Waals surface area contributed by atoms with E-state index in [0.717, 1.165) is 11.3 Å². The van der Waals surface area contributed by atoms with Crippen molar-refractivity contribution >= 4 is 22.4 Å². The Labute approximate surface area is 110 Å². The van der Waals surface area contributed by atoms with Crippen molar-refractivity contribution in [2.45, 2.75) is 19.9 Å². The second-order valence-electron chi connectivity index (χ2n) is 4.29. The molecule has 0 aliphatic rings. The molecule has 0 heterocycles. The summed E-state index contributed by atoms with van der Waals surface area (Å²) in [5.41, 5.74) is 4.81. The number of carbonyl (C=O) groups is 1. The SMILES string of the molecule is Cc1cc(C(=O)NC(C)CS(C)=O)ccc1NN. The quantitative estimate of drug-likeness (QED) is 0.545. The molecule has 0 aliphatic heterocycles. The summed E-state index contributed by atoms with van der Waals surface area (Å²) in [5.74, 6) is 5.61. The highest BCUT2D eigenvalue weighted by atomic mass is 32.2. The molecule has 0 saturated heterocycles. The van der Waals surface area contributed by atoms with Crippen molar-refractivity contribution in [1.29, 1.82) is 0 Å². The second kappa shape index (κ2) is 6.51. The van der Waals surface area contributed by atoms with Gasteiger partial charge in [-0.25, -0.2) is 0 Å². The number of nitrogens with two attached hydrogens (primary N) is 1. The van der Waals surface area contributed by atoms with Crippen LogP contribution in [0.2, 0.25) is 0 Å². The number of aryl methyl sites for hydroxylation is 1. The van der Waals surface area contributed by atoms with E-state index in [-0.39, 0.29) is 11.9 Å². The average molecular weight is 269 g/mol. The lowest BCUT2D eigenvalue weighted by Gasteiger charge is -2.13. The van der Waals surface area contributed by atoms with Crippen LogP contribution in [-0.4, -0.2) is 28.2 Å². The molecule has 4 N–H and O–H groups in total. The van der Waals surface area contributed by atoms with Crippen molar-refractivity contribution < 1.29 is 9.00 Å². The molecule has 0 saturated carbocycles. The highest BCUT2D eigenvalue weighted by Gasteiger charge is 2.11. The molecule has 0 aromatic heterocycles. The number of carbonyl (C=O) groups excluding carboxylic acids is 1. The van der Waals surface area contributed by atoms with Crippen LogP contribution in [0.3, 0.4) is 0 Å². The number of benzene rings is 1. The van der Waals surface area contributed by atoms with Gasteiger partial charge in [-0.05, 0) is 37.6 Å². The largest absolute Gasteiger partial charge is 0.349 e. The first-order valence-electron chi connectivity index (χ1n) is 5.62. The molecule has 0 aliphatic carbocycles. The smallest absolute Gasteiger partial charge is 0.251 e. The number of amides is 1. The Bertz CT molecular complexity index is 463. The number of hydrazine groups is 1. The van der Waals surface area contributed by atoms with E-state index in [1.165, 1.54) is 0 Å². The van der Waals surface area contributed by atoms with E-state index in [1.807, 2.05) is 13.8 Å². The molecule has 1 amide bonds. The monoisotopic (exact) mass is 269 g/mol. The average Bonchev–Trinajstić information content (AvgIpc) is 2.27. The van der Waals surface area contributed by atoms with Gasteiger partial charge in [-0.15, -0.1) is 0 Å². The molecule has 0 radical (unpaired) electrons. The first kappa shape index (κ1) is 14.7. The lowest BCUT2D eigenvalue weighted by Crippen LogP contribution is -2.36. The lowest BCUT2D eigenvalue weighted by molar-refractivity contribution is 0.0943. The van der Waals surface area contributed by atoms with Crippen molar-refractivity contribution in [2.75, 3.05) is 17.4 Å². The molecule has 0 fully saturated rings. The van der Waals surface area contributed by atoms with Gasteiger partial charge in [0.1, 0.15) is 0 Å². The third-order valence-corrected chi connectivity index (χ3v) is 3.48. The van der Waals surface area contributed by atoms with E-state index >= 15 is 0 Å². The van der Waals surface area contributed by atoms with Crippen LogP contribution in [0.5, 0.6) is 0 Å². The van der Waals surface area contributed by atoms with Gasteiger partial charge in [0, 0.05) is 34.4 Å². The molecule has 1 aromatic rings. The topological polar surface area (TPSA) is 84.2 Å². The zero-order chi connectivity index (χ0) is 13.7. The van der Waals surface area contributed by atoms with Crippen molar-refractivity contribution in [3.8, 4) is 0 Å². The van der Waals surface area contributed by atoms with Crippen LogP contribution < -0.4 is 16.6 Å². The van der Waals surface area contributed by atoms with E-state index in [9.17, 15) is 9.00 Å². The minimum absolute atomic E-state index is 0.115. The molecule has 18 heavy (non-hydrogen) atoms. The van der Waals surface area contributed by atoms with E-state index in [2.05, 4.69) is 10.7 Å². The fourth-order valence-corrected chi connectivity index (χ4v) is 2.46. The van der Waals surface area contributed by atoms with Crippen LogP contribution >= 0.6 is 0 Å². The Kier molecular flexibility index (Phi) is 5.30. The number of nitrogen functional groups attached to an aromatic ring is 1. The van der Waals surface area contributed by atoms with Gasteiger partial charge in [0.15, 0.2) is 0 Å². The van der Waals surface area contributed by atoms with Gasteiger partial charge in [0.05, 0.1) is 5.69 Å². The fraction of sp³-hybridized carbons (Fsp3) is 0.417. The van der Waals surface area contributed by atoms with Crippen molar-refractivity contribution in [3.63, 3.8) is 0 Å². The maximum Gasteiger partial charge on any atom is 0.251 e. The summed E-state index contributed by atoms with van der Waals surface area (Å²) in [4.78, 5) is 11.9. The summed E-state index contributed by atoms with van der Waals surface area (Å²) in [6.07, 6.45) is 1.62. The van der Waals surface area contributed by atoms with E-state index in [0.29, 0.717) is 11.3 Å². The standard InChI is InChI=1S/C12H19N3O2S/c1-8-6-10(4-5-11(8)15-13)12(16)14-9(2)7-18(3)17/h4-6,9,15H,7,13H2,1-3H3,(H,14,16). The van der Waals surface area contributed by atoms with E-state index in [4.69, 9.17) is 5.84 Å². The third kappa shape index (κ3) is 4.12. The molecule has 2 unspecified atom stereocenters. The summed E-state index contributed by atoms with van der Waals surface area (Å²) >= 11 is 0. The molecule has 0 spiro atoms. The zero-order valence-corrected chi connectivity index (χ0v) is 11.6. The van der Waals surface area contributed by atoms with Gasteiger partial charge in [-0.1, -0.05) is 0 Å². The summed E-state index contributed by atoms with van der Waals surface area (Å²) in [5, 5.41) is 2.81. The van der Waals surface area contributed by atoms with Crippen molar-refractivity contribution in [2.24, 2.45) is 5.84 Å². The highest BCUT2D eigenvalue weighted by molar-refractivity contribution is 7.84. The maximum absolute atomic E-state index is 11.9. The Morgan fingerprint density at radius 1 is 1.50 bits per heavy atom. The summed E-state index contributed by atoms with van der Waals surface area (Å²) in [6.45, 7) is 3.71. The fourth-order valence-electron chi connectivity index (χ4n) is 1.67. The van der Waals surface area contributed by atoms with Gasteiger partial charge in [0.25, 0.3) is 5.91 Å². The first-order chi connectivity index (χ1) is 8.43. The molecular weight excluding hydrogens is 250 g/mol. The number of rotatable bonds is 5. The number of anilines is 1. The molecule has 6 heteroatoms. The molecule has 1 aromatic carbocycles. The molecule has 2 atom stereocenters. The number of hydrogen-bond acceptors (Lipinski definition) is 4. The number of nitrogens with one attached hydrogen (secondary N) is 2. The molecule has 1 rings (SSSR count). The predicted molar refractivity (Wildman–Crippen MR) is 74.9 cm³/mol. The normalized spacial score (nSPS) is 13.8. The minimum atomic E-state index is -0.919. The summed E-state index contributed by atoms with van der Waals surface area (Å²) < 4.78 is 11.0. The zero-order valence-electron chi connectivity index (χ0n) is 10.8. The van der Waals surface area contributed by atoms with Crippen LogP contribution in [0, 0.1) is 6.92 Å². The maximum atomic E-state index is 11.9. The van der Waals surface area contributed by atoms with Crippen LogP contribution in [0.1, 0.15) is 22.8 Å². The third-order valence-electron chi connectivity index (χ3n) is 2.51. The highest BCUT2D eigenvalue weighted by Crippen LogP contribution is 2.15. The predicted octanol–water partition coefficient (Wildman–Crippen LogP) is 0.777. The van der Waals surface area contributed by atoms with Gasteiger partial charge >= 0.3 is 0 Å². The van der Waals surface area contributed by atoms with Crippen LogP contribution in [0.25, 0.3) is 0 Å². The van der Waals surface area contributed by atoms with Gasteiger partial charge < -0.3 is 10.7 Å². The Hall–Kier alpha value is -1.40. The molecule has 0 bridgehead atoms. The Morgan fingerprint density at radius 2 is 2.17 bits per heavy atom. The summed E-state index contributed by atoms with van der Waals surface area (Å²) in [6, 6.07) is 5.11. The van der Waals surface area contributed by atoms with E-state index in [1.54, 1.807) is 24.5 Å². The summed E-state index contributed by atoms with van der Waals surface area (Å²) in [7, 11) is -0.919. The molecule has 100 valence electrons. The lowest BCUT2D eigenvalue weighted by atomic mass is 10.1.